The number of aromatic nitrogens is 2. The Bertz CT molecular complexity index is 546. The second-order valence-corrected chi connectivity index (χ2v) is 5.84. The number of hydrogen-bond donors (Lipinski definition) is 1. The van der Waals surface area contributed by atoms with Gasteiger partial charge < -0.3 is 19.2 Å². The van der Waals surface area contributed by atoms with Gasteiger partial charge in [0.15, 0.2) is 0 Å². The monoisotopic (exact) mass is 275 g/mol. The summed E-state index contributed by atoms with van der Waals surface area (Å²) in [6.45, 7) is 7.01. The second kappa shape index (κ2) is 5.52. The first-order chi connectivity index (χ1) is 9.62. The van der Waals surface area contributed by atoms with E-state index in [0.717, 1.165) is 24.4 Å². The molecule has 1 aliphatic heterocycles. The third kappa shape index (κ3) is 3.17. The summed E-state index contributed by atoms with van der Waals surface area (Å²) in [5.74, 6) is 0. The van der Waals surface area contributed by atoms with Gasteiger partial charge in [0.25, 0.3) is 0 Å². The van der Waals surface area contributed by atoms with E-state index >= 15 is 0 Å². The Balaban J connectivity index is 1.52. The van der Waals surface area contributed by atoms with Crippen molar-refractivity contribution < 1.29 is 9.47 Å². The van der Waals surface area contributed by atoms with Gasteiger partial charge in [-0.1, -0.05) is 6.07 Å². The Labute approximate surface area is 118 Å². The zero-order valence-corrected chi connectivity index (χ0v) is 12.0. The molecular weight excluding hydrogens is 254 g/mol. The minimum absolute atomic E-state index is 0.107. The Morgan fingerprint density at radius 2 is 2.40 bits per heavy atom. The van der Waals surface area contributed by atoms with Crippen LogP contribution >= 0.6 is 0 Å². The van der Waals surface area contributed by atoms with Crippen molar-refractivity contribution in [3.8, 4) is 0 Å². The van der Waals surface area contributed by atoms with Gasteiger partial charge in [-0.15, -0.1) is 0 Å². The molecule has 0 radical (unpaired) electrons. The Morgan fingerprint density at radius 1 is 1.50 bits per heavy atom. The van der Waals surface area contributed by atoms with Crippen LogP contribution in [0.15, 0.2) is 30.6 Å². The zero-order valence-electron chi connectivity index (χ0n) is 12.0. The molecule has 2 aromatic rings. The lowest BCUT2D eigenvalue weighted by atomic mass is 10.1. The van der Waals surface area contributed by atoms with Gasteiger partial charge in [-0.25, -0.2) is 4.98 Å². The van der Waals surface area contributed by atoms with Crippen molar-refractivity contribution in [2.45, 2.75) is 32.2 Å². The molecule has 0 spiro atoms. The van der Waals surface area contributed by atoms with Gasteiger partial charge in [-0.3, -0.25) is 0 Å². The van der Waals surface area contributed by atoms with Crippen molar-refractivity contribution in [2.75, 3.05) is 19.7 Å². The van der Waals surface area contributed by atoms with E-state index in [4.69, 9.17) is 9.47 Å². The van der Waals surface area contributed by atoms with Gasteiger partial charge in [-0.2, -0.15) is 0 Å². The highest BCUT2D eigenvalue weighted by molar-refractivity contribution is 5.39. The van der Waals surface area contributed by atoms with E-state index in [-0.39, 0.29) is 11.7 Å². The smallest absolute Gasteiger partial charge is 0.137 e. The number of imidazole rings is 1. The van der Waals surface area contributed by atoms with Gasteiger partial charge in [0, 0.05) is 25.5 Å². The first-order valence-electron chi connectivity index (χ1n) is 7.01. The molecular formula is C15H21N3O2. The van der Waals surface area contributed by atoms with E-state index in [1.807, 2.05) is 35.0 Å². The van der Waals surface area contributed by atoms with Gasteiger partial charge in [0.05, 0.1) is 30.6 Å². The molecule has 5 heteroatoms. The van der Waals surface area contributed by atoms with Crippen molar-refractivity contribution in [2.24, 2.45) is 0 Å². The standard InChI is InChI=1S/C15H21N3O2/c1-15(2)11-16-7-13(20-15)10-19-9-12-8-18-6-4-3-5-14(18)17-12/h3-6,8,13,16H,7,9-11H2,1-2H3. The number of nitrogens with one attached hydrogen (secondary N) is 1. The minimum Gasteiger partial charge on any atom is -0.372 e. The van der Waals surface area contributed by atoms with Crippen LogP contribution in [0.3, 0.4) is 0 Å². The second-order valence-electron chi connectivity index (χ2n) is 5.84. The van der Waals surface area contributed by atoms with Crippen molar-refractivity contribution in [3.63, 3.8) is 0 Å². The lowest BCUT2D eigenvalue weighted by molar-refractivity contribution is -0.122. The van der Waals surface area contributed by atoms with E-state index in [0.29, 0.717) is 13.2 Å². The molecule has 0 aliphatic carbocycles. The van der Waals surface area contributed by atoms with Crippen molar-refractivity contribution in [1.29, 1.82) is 0 Å². The molecule has 0 saturated carbocycles. The van der Waals surface area contributed by atoms with Crippen LogP contribution in [0.2, 0.25) is 0 Å². The number of nitrogens with zero attached hydrogens (tertiary/aromatic N) is 2. The van der Waals surface area contributed by atoms with E-state index in [1.54, 1.807) is 0 Å². The average Bonchev–Trinajstić information content (AvgIpc) is 2.80. The van der Waals surface area contributed by atoms with Gasteiger partial charge >= 0.3 is 0 Å². The molecule has 3 rings (SSSR count). The predicted molar refractivity (Wildman–Crippen MR) is 76.7 cm³/mol. The Morgan fingerprint density at radius 3 is 3.20 bits per heavy atom. The van der Waals surface area contributed by atoms with Crippen molar-refractivity contribution in [1.82, 2.24) is 14.7 Å². The molecule has 1 fully saturated rings. The highest BCUT2D eigenvalue weighted by atomic mass is 16.5. The summed E-state index contributed by atoms with van der Waals surface area (Å²) >= 11 is 0. The molecule has 5 nitrogen and oxygen atoms in total. The fourth-order valence-electron chi connectivity index (χ4n) is 2.51. The SMILES string of the molecule is CC1(C)CNCC(COCc2cn3ccccc3n2)O1. The van der Waals surface area contributed by atoms with Crippen LogP contribution in [-0.4, -0.2) is 40.8 Å². The van der Waals surface area contributed by atoms with E-state index in [9.17, 15) is 0 Å². The van der Waals surface area contributed by atoms with Gasteiger partial charge in [-0.05, 0) is 26.0 Å². The number of morpholine rings is 1. The molecule has 2 aromatic heterocycles. The van der Waals surface area contributed by atoms with Crippen LogP contribution in [0.25, 0.3) is 5.65 Å². The lowest BCUT2D eigenvalue weighted by Crippen LogP contribution is -2.51. The van der Waals surface area contributed by atoms with Crippen molar-refractivity contribution >= 4 is 5.65 Å². The molecule has 0 aromatic carbocycles. The normalized spacial score (nSPS) is 22.2. The summed E-state index contributed by atoms with van der Waals surface area (Å²) in [4.78, 5) is 4.51. The number of fused-ring (bicyclic) bond motifs is 1. The fraction of sp³-hybridized carbons (Fsp3) is 0.533. The summed E-state index contributed by atoms with van der Waals surface area (Å²) < 4.78 is 13.7. The predicted octanol–water partition coefficient (Wildman–Crippen LogP) is 1.62. The molecule has 1 N–H and O–H groups in total. The maximum atomic E-state index is 5.96. The van der Waals surface area contributed by atoms with Gasteiger partial charge in [0.1, 0.15) is 5.65 Å². The van der Waals surface area contributed by atoms with E-state index in [1.165, 1.54) is 0 Å². The van der Waals surface area contributed by atoms with Crippen LogP contribution in [0.1, 0.15) is 19.5 Å². The molecule has 1 saturated heterocycles. The zero-order chi connectivity index (χ0) is 14.0. The van der Waals surface area contributed by atoms with Crippen LogP contribution in [0, 0.1) is 0 Å². The summed E-state index contributed by atoms with van der Waals surface area (Å²) in [6, 6.07) is 5.96. The highest BCUT2D eigenvalue weighted by Crippen LogP contribution is 2.15. The minimum atomic E-state index is -0.116. The van der Waals surface area contributed by atoms with E-state index < -0.39 is 0 Å². The molecule has 1 unspecified atom stereocenters. The summed E-state index contributed by atoms with van der Waals surface area (Å²) in [7, 11) is 0. The van der Waals surface area contributed by atoms with Crippen LogP contribution in [0.4, 0.5) is 0 Å². The molecule has 0 bridgehead atoms. The first-order valence-corrected chi connectivity index (χ1v) is 7.01. The highest BCUT2D eigenvalue weighted by Gasteiger charge is 2.28. The van der Waals surface area contributed by atoms with Gasteiger partial charge in [0.2, 0.25) is 0 Å². The fourth-order valence-corrected chi connectivity index (χ4v) is 2.51. The topological polar surface area (TPSA) is 47.8 Å². The first kappa shape index (κ1) is 13.5. The molecule has 1 atom stereocenters. The Kier molecular flexibility index (Phi) is 3.74. The molecule has 1 aliphatic rings. The molecule has 0 amide bonds. The number of rotatable bonds is 4. The largest absolute Gasteiger partial charge is 0.372 e. The molecule has 3 heterocycles. The molecule has 20 heavy (non-hydrogen) atoms. The van der Waals surface area contributed by atoms with E-state index in [2.05, 4.69) is 24.1 Å². The van der Waals surface area contributed by atoms with Crippen molar-refractivity contribution in [3.05, 3.63) is 36.3 Å². The lowest BCUT2D eigenvalue weighted by Gasteiger charge is -2.36. The van der Waals surface area contributed by atoms with Crippen LogP contribution < -0.4 is 5.32 Å². The maximum absolute atomic E-state index is 5.96. The summed E-state index contributed by atoms with van der Waals surface area (Å²) in [5, 5.41) is 3.37. The number of hydrogen-bond acceptors (Lipinski definition) is 4. The average molecular weight is 275 g/mol. The third-order valence-corrected chi connectivity index (χ3v) is 3.38. The summed E-state index contributed by atoms with van der Waals surface area (Å²) in [6.07, 6.45) is 4.10. The molecule has 108 valence electrons. The third-order valence-electron chi connectivity index (χ3n) is 3.38. The summed E-state index contributed by atoms with van der Waals surface area (Å²) in [5.41, 5.74) is 1.78. The number of ether oxygens (including phenoxy) is 2. The van der Waals surface area contributed by atoms with Crippen LogP contribution in [0.5, 0.6) is 0 Å². The number of pyridine rings is 1. The Hall–Kier alpha value is -1.43. The quantitative estimate of drug-likeness (QED) is 0.921. The maximum Gasteiger partial charge on any atom is 0.137 e. The van der Waals surface area contributed by atoms with Crippen LogP contribution in [-0.2, 0) is 16.1 Å².